The number of hydrogen-bond acceptors (Lipinski definition) is 6. The number of nitrogens with two attached hydrogens (primary N) is 1. The molecule has 8 nitrogen and oxygen atoms in total. The van der Waals surface area contributed by atoms with E-state index in [0.717, 1.165) is 12.0 Å². The predicted octanol–water partition coefficient (Wildman–Crippen LogP) is 3.34. The minimum atomic E-state index is -0.348. The second-order valence-corrected chi connectivity index (χ2v) is 9.22. The molecule has 1 saturated heterocycles. The van der Waals surface area contributed by atoms with E-state index in [9.17, 15) is 19.2 Å². The third-order valence-electron chi connectivity index (χ3n) is 6.61. The maximum atomic E-state index is 13.6. The third-order valence-corrected chi connectivity index (χ3v) is 6.61. The number of benzene rings is 2. The zero-order valence-electron chi connectivity index (χ0n) is 21.1. The Balaban J connectivity index is 1.51. The van der Waals surface area contributed by atoms with E-state index in [2.05, 4.69) is 21.7 Å². The number of aromatic nitrogens is 1. The number of hydrogen-bond donors (Lipinski definition) is 3. The number of nitrogens with zero attached hydrogens (tertiary/aromatic N) is 3. The van der Waals surface area contributed by atoms with Crippen molar-refractivity contribution in [2.75, 3.05) is 38.0 Å². The maximum Gasteiger partial charge on any atom is 0.255 e. The zero-order chi connectivity index (χ0) is 26.9. The molecule has 196 valence electrons. The van der Waals surface area contributed by atoms with Gasteiger partial charge in [-0.15, -0.1) is 0 Å². The lowest BCUT2D eigenvalue weighted by molar-refractivity contribution is -0.130. The molecule has 9 heteroatoms. The van der Waals surface area contributed by atoms with Crippen LogP contribution in [-0.2, 0) is 11.2 Å². The van der Waals surface area contributed by atoms with Crippen LogP contribution in [0, 0.1) is 23.1 Å². The van der Waals surface area contributed by atoms with Crippen molar-refractivity contribution in [1.29, 1.82) is 5.26 Å². The van der Waals surface area contributed by atoms with Gasteiger partial charge < -0.3 is 21.3 Å². The molecule has 0 bridgehead atoms. The van der Waals surface area contributed by atoms with Crippen LogP contribution in [-0.4, -0.2) is 54.4 Å². The maximum absolute atomic E-state index is 13.6. The first kappa shape index (κ1) is 26.8. The number of carbonyl (C=O) groups is 2. The van der Waals surface area contributed by atoms with E-state index in [1.54, 1.807) is 41.3 Å². The quantitative estimate of drug-likeness (QED) is 0.361. The molecular formula is C29H31FN6O2. The van der Waals surface area contributed by atoms with Gasteiger partial charge in [0.05, 0.1) is 28.8 Å². The highest BCUT2D eigenvalue weighted by Crippen LogP contribution is 2.25. The fraction of sp³-hybridized carbons (Fsp3) is 0.310. The molecular weight excluding hydrogens is 483 g/mol. The van der Waals surface area contributed by atoms with Crippen LogP contribution in [0.15, 0.2) is 60.7 Å². The van der Waals surface area contributed by atoms with Crippen LogP contribution >= 0.6 is 0 Å². The Kier molecular flexibility index (Phi) is 9.01. The Morgan fingerprint density at radius 1 is 1.18 bits per heavy atom. The second kappa shape index (κ2) is 12.8. The van der Waals surface area contributed by atoms with Crippen LogP contribution in [0.4, 0.5) is 10.2 Å². The van der Waals surface area contributed by atoms with E-state index in [1.807, 2.05) is 12.1 Å². The molecule has 1 aliphatic heterocycles. The highest BCUT2D eigenvalue weighted by molar-refractivity contribution is 5.99. The smallest absolute Gasteiger partial charge is 0.255 e. The molecule has 1 aliphatic rings. The summed E-state index contributed by atoms with van der Waals surface area (Å²) in [6.07, 6.45) is 1.96. The number of nitriles is 1. The van der Waals surface area contributed by atoms with Crippen LogP contribution < -0.4 is 16.4 Å². The van der Waals surface area contributed by atoms with E-state index in [4.69, 9.17) is 5.73 Å². The van der Waals surface area contributed by atoms with Gasteiger partial charge in [0.2, 0.25) is 5.91 Å². The van der Waals surface area contributed by atoms with Crippen molar-refractivity contribution >= 4 is 17.6 Å². The molecule has 0 aliphatic carbocycles. The molecule has 2 amide bonds. The second-order valence-electron chi connectivity index (χ2n) is 9.22. The Labute approximate surface area is 221 Å². The fourth-order valence-corrected chi connectivity index (χ4v) is 4.56. The monoisotopic (exact) mass is 514 g/mol. The van der Waals surface area contributed by atoms with Crippen molar-refractivity contribution < 1.29 is 14.0 Å². The lowest BCUT2D eigenvalue weighted by atomic mass is 10.0. The largest absolute Gasteiger partial charge is 0.369 e. The topological polar surface area (TPSA) is 124 Å². The van der Waals surface area contributed by atoms with Gasteiger partial charge in [0.1, 0.15) is 11.6 Å². The molecule has 1 unspecified atom stereocenters. The normalized spacial score (nSPS) is 14.8. The van der Waals surface area contributed by atoms with Crippen molar-refractivity contribution in [3.8, 4) is 17.3 Å². The third kappa shape index (κ3) is 6.52. The Hall–Kier alpha value is -4.29. The summed E-state index contributed by atoms with van der Waals surface area (Å²) in [6.45, 7) is 2.48. The Bertz CT molecular complexity index is 1340. The fourth-order valence-electron chi connectivity index (χ4n) is 4.56. The summed E-state index contributed by atoms with van der Waals surface area (Å²) in [7, 11) is 0. The lowest BCUT2D eigenvalue weighted by Gasteiger charge is -2.17. The van der Waals surface area contributed by atoms with Crippen molar-refractivity contribution in [2.45, 2.75) is 19.3 Å². The average molecular weight is 515 g/mol. The number of likely N-dealkylation sites (tertiary alicyclic amines) is 1. The van der Waals surface area contributed by atoms with Gasteiger partial charge in [-0.25, -0.2) is 9.37 Å². The van der Waals surface area contributed by atoms with Gasteiger partial charge >= 0.3 is 0 Å². The highest BCUT2D eigenvalue weighted by atomic mass is 19.1. The molecule has 0 spiro atoms. The summed E-state index contributed by atoms with van der Waals surface area (Å²) < 4.78 is 13.6. The molecule has 0 saturated carbocycles. The van der Waals surface area contributed by atoms with Gasteiger partial charge in [-0.05, 0) is 61.7 Å². The number of amides is 2. The number of rotatable bonds is 11. The average Bonchev–Trinajstić information content (AvgIpc) is 3.29. The first-order valence-corrected chi connectivity index (χ1v) is 12.8. The Morgan fingerprint density at radius 2 is 2.03 bits per heavy atom. The minimum Gasteiger partial charge on any atom is -0.369 e. The molecule has 1 aromatic heterocycles. The van der Waals surface area contributed by atoms with E-state index in [1.165, 1.54) is 12.1 Å². The van der Waals surface area contributed by atoms with Crippen LogP contribution in [0.2, 0.25) is 0 Å². The molecule has 4 rings (SSSR count). The van der Waals surface area contributed by atoms with Gasteiger partial charge in [0.15, 0.2) is 0 Å². The summed E-state index contributed by atoms with van der Waals surface area (Å²) in [5.74, 6) is -0.533. The summed E-state index contributed by atoms with van der Waals surface area (Å²) in [5.41, 5.74) is 8.38. The molecule has 3 aromatic rings. The van der Waals surface area contributed by atoms with Crippen LogP contribution in [0.25, 0.3) is 11.3 Å². The van der Waals surface area contributed by atoms with Crippen molar-refractivity contribution in [2.24, 2.45) is 11.7 Å². The molecule has 0 radical (unpaired) electrons. The van der Waals surface area contributed by atoms with E-state index >= 15 is 0 Å². The molecule has 4 N–H and O–H groups in total. The number of nitrogens with one attached hydrogen (secondary N) is 2. The number of pyridine rings is 1. The van der Waals surface area contributed by atoms with Gasteiger partial charge in [0.25, 0.3) is 5.91 Å². The predicted molar refractivity (Wildman–Crippen MR) is 144 cm³/mol. The molecule has 1 atom stereocenters. The molecule has 2 aromatic carbocycles. The highest BCUT2D eigenvalue weighted by Gasteiger charge is 2.31. The van der Waals surface area contributed by atoms with Crippen molar-refractivity contribution in [3.05, 3.63) is 83.2 Å². The molecule has 38 heavy (non-hydrogen) atoms. The van der Waals surface area contributed by atoms with Crippen LogP contribution in [0.3, 0.4) is 0 Å². The Morgan fingerprint density at radius 3 is 2.82 bits per heavy atom. The van der Waals surface area contributed by atoms with Gasteiger partial charge in [0, 0.05) is 31.7 Å². The van der Waals surface area contributed by atoms with Crippen molar-refractivity contribution in [3.63, 3.8) is 0 Å². The summed E-state index contributed by atoms with van der Waals surface area (Å²) in [5, 5.41) is 15.6. The van der Waals surface area contributed by atoms with Gasteiger partial charge in [-0.3, -0.25) is 9.59 Å². The zero-order valence-corrected chi connectivity index (χ0v) is 21.1. The minimum absolute atomic E-state index is 0.0359. The lowest BCUT2D eigenvalue weighted by Crippen LogP contribution is -2.35. The summed E-state index contributed by atoms with van der Waals surface area (Å²) >= 11 is 0. The molecule has 1 fully saturated rings. The number of carbonyl (C=O) groups excluding carboxylic acids is 2. The van der Waals surface area contributed by atoms with Crippen LogP contribution in [0.1, 0.15) is 34.3 Å². The van der Waals surface area contributed by atoms with Gasteiger partial charge in [-0.2, -0.15) is 5.26 Å². The first-order chi connectivity index (χ1) is 18.5. The van der Waals surface area contributed by atoms with Gasteiger partial charge in [-0.1, -0.05) is 30.3 Å². The van der Waals surface area contributed by atoms with E-state index < -0.39 is 0 Å². The summed E-state index contributed by atoms with van der Waals surface area (Å²) in [6, 6.07) is 19.0. The van der Waals surface area contributed by atoms with Crippen molar-refractivity contribution in [1.82, 2.24) is 15.2 Å². The summed E-state index contributed by atoms with van der Waals surface area (Å²) in [4.78, 5) is 32.3. The van der Waals surface area contributed by atoms with E-state index in [0.29, 0.717) is 67.2 Å². The number of halogens is 1. The van der Waals surface area contributed by atoms with E-state index in [-0.39, 0.29) is 30.1 Å². The molecule has 2 heterocycles. The first-order valence-electron chi connectivity index (χ1n) is 12.8. The number of anilines is 1. The SMILES string of the molecule is N#Cc1ccccc1-c1ccc(C(=O)NCC2CCN(CCCN)C2=O)c(NCCc2cccc(F)c2)n1. The standard InChI is InChI=1S/C29H31FN6O2/c30-23-7-3-5-20(17-23)11-14-33-27-25(9-10-26(35-27)24-8-2-1-6-21(24)18-32)28(37)34-19-22-12-16-36(29(22)38)15-4-13-31/h1-3,5-10,17,22H,4,11-16,19,31H2,(H,33,35)(H,34,37). The van der Waals surface area contributed by atoms with Crippen LogP contribution in [0.5, 0.6) is 0 Å².